The van der Waals surface area contributed by atoms with Gasteiger partial charge in [0.25, 0.3) is 0 Å². The average Bonchev–Trinajstić information content (AvgIpc) is 3.69. The maximum Gasteiger partial charge on any atom is 0.320 e. The predicted molar refractivity (Wildman–Crippen MR) is 142 cm³/mol. The lowest BCUT2D eigenvalue weighted by Crippen LogP contribution is -2.34. The molecule has 37 heavy (non-hydrogen) atoms. The van der Waals surface area contributed by atoms with Crippen molar-refractivity contribution in [1.29, 1.82) is 0 Å². The number of likely N-dealkylation sites (tertiary alicyclic amines) is 1. The van der Waals surface area contributed by atoms with E-state index >= 15 is 0 Å². The van der Waals surface area contributed by atoms with Gasteiger partial charge in [0.15, 0.2) is 0 Å². The number of rotatable bonds is 12. The molecule has 1 saturated heterocycles. The number of esters is 1. The van der Waals surface area contributed by atoms with Gasteiger partial charge < -0.3 is 19.5 Å². The quantitative estimate of drug-likeness (QED) is 0.333. The molecule has 1 aliphatic carbocycles. The number of nitrogens with one attached hydrogen (secondary N) is 1. The fourth-order valence-corrected chi connectivity index (χ4v) is 5.72. The molecule has 1 saturated carbocycles. The Morgan fingerprint density at radius 1 is 1.24 bits per heavy atom. The van der Waals surface area contributed by atoms with E-state index in [1.54, 1.807) is 7.11 Å². The first-order valence-corrected chi connectivity index (χ1v) is 13.9. The summed E-state index contributed by atoms with van der Waals surface area (Å²) >= 11 is 0. The van der Waals surface area contributed by atoms with Gasteiger partial charge >= 0.3 is 5.97 Å². The summed E-state index contributed by atoms with van der Waals surface area (Å²) < 4.78 is 17.4. The van der Waals surface area contributed by atoms with Crippen molar-refractivity contribution in [3.05, 3.63) is 47.0 Å². The largest absolute Gasteiger partial charge is 0.494 e. The number of carbonyl (C=O) groups is 1. The number of fused-ring (bicyclic) bond motifs is 1. The zero-order valence-electron chi connectivity index (χ0n) is 22.2. The van der Waals surface area contributed by atoms with Crippen molar-refractivity contribution in [2.75, 3.05) is 45.3 Å². The molecule has 8 nitrogen and oxygen atoms in total. The number of hydrogen-bond acceptors (Lipinski definition) is 8. The second-order valence-electron chi connectivity index (χ2n) is 10.3. The van der Waals surface area contributed by atoms with E-state index in [0.717, 1.165) is 74.4 Å². The number of ether oxygens (including phenoxy) is 3. The lowest BCUT2D eigenvalue weighted by atomic mass is 9.98. The lowest BCUT2D eigenvalue weighted by molar-refractivity contribution is -0.145. The zero-order chi connectivity index (χ0) is 25.6. The molecule has 2 aromatic rings. The number of aryl methyl sites for hydroxylation is 2. The predicted octanol–water partition coefficient (Wildman–Crippen LogP) is 4.44. The summed E-state index contributed by atoms with van der Waals surface area (Å²) in [5.74, 6) is 1.26. The monoisotopic (exact) mass is 508 g/mol. The van der Waals surface area contributed by atoms with E-state index in [9.17, 15) is 4.79 Å². The maximum absolute atomic E-state index is 12.3. The highest BCUT2D eigenvalue weighted by Gasteiger charge is 2.40. The first-order valence-electron chi connectivity index (χ1n) is 13.9. The Morgan fingerprint density at radius 3 is 2.95 bits per heavy atom. The van der Waals surface area contributed by atoms with E-state index < -0.39 is 0 Å². The van der Waals surface area contributed by atoms with Crippen LogP contribution in [0.2, 0.25) is 0 Å². The third kappa shape index (κ3) is 6.24. The highest BCUT2D eigenvalue weighted by molar-refractivity contribution is 5.71. The Labute approximate surface area is 220 Å². The normalized spacial score (nSPS) is 21.4. The number of anilines is 1. The van der Waals surface area contributed by atoms with Gasteiger partial charge in [-0.2, -0.15) is 0 Å². The zero-order valence-corrected chi connectivity index (χ0v) is 22.2. The summed E-state index contributed by atoms with van der Waals surface area (Å²) in [5, 5.41) is 3.43. The molecule has 2 aliphatic heterocycles. The number of hydrogen-bond donors (Lipinski definition) is 1. The molecule has 3 aliphatic rings. The smallest absolute Gasteiger partial charge is 0.320 e. The molecule has 0 radical (unpaired) electrons. The van der Waals surface area contributed by atoms with Crippen LogP contribution in [0.1, 0.15) is 80.1 Å². The molecule has 8 heteroatoms. The minimum Gasteiger partial charge on any atom is -0.494 e. The number of unbranched alkanes of at least 4 members (excludes halogenated alkanes) is 1. The van der Waals surface area contributed by atoms with E-state index in [0.29, 0.717) is 19.1 Å². The molecular weight excluding hydrogens is 468 g/mol. The number of methoxy groups -OCH3 is 1. The standard InChI is InChI=1S/C29H40N4O4/c1-3-36-26(34)19-33-16-13-24(29(33)22-9-6-14-30-27(22)20-11-12-20)37-17-5-4-8-21-18-25(35-2)28-23(32-21)10-7-15-31-28/h6,9,14,18,20,24,29,31H,3-5,7-8,10-13,15-17,19H2,1-2H3. The Bertz CT molecular complexity index is 1060. The number of aromatic nitrogens is 2. The number of pyridine rings is 2. The molecule has 2 aromatic heterocycles. The maximum atomic E-state index is 12.3. The van der Waals surface area contributed by atoms with Crippen LogP contribution in [0.15, 0.2) is 24.4 Å². The van der Waals surface area contributed by atoms with E-state index in [1.807, 2.05) is 19.2 Å². The molecule has 200 valence electrons. The Balaban J connectivity index is 1.19. The van der Waals surface area contributed by atoms with Gasteiger partial charge in [-0.1, -0.05) is 6.07 Å². The van der Waals surface area contributed by atoms with Crippen LogP contribution >= 0.6 is 0 Å². The molecule has 2 fully saturated rings. The highest BCUT2D eigenvalue weighted by atomic mass is 16.5. The second kappa shape index (κ2) is 12.2. The molecule has 0 spiro atoms. The topological polar surface area (TPSA) is 85.8 Å². The second-order valence-corrected chi connectivity index (χ2v) is 10.3. The van der Waals surface area contributed by atoms with E-state index in [2.05, 4.69) is 22.3 Å². The van der Waals surface area contributed by atoms with Gasteiger partial charge in [0.1, 0.15) is 5.75 Å². The van der Waals surface area contributed by atoms with Gasteiger partial charge in [-0.15, -0.1) is 0 Å². The van der Waals surface area contributed by atoms with Crippen LogP contribution in [-0.4, -0.2) is 66.9 Å². The van der Waals surface area contributed by atoms with Crippen molar-refractivity contribution in [3.8, 4) is 5.75 Å². The van der Waals surface area contributed by atoms with Gasteiger partial charge in [-0.25, -0.2) is 0 Å². The van der Waals surface area contributed by atoms with Gasteiger partial charge in [-0.05, 0) is 69.9 Å². The third-order valence-electron chi connectivity index (χ3n) is 7.62. The van der Waals surface area contributed by atoms with Crippen molar-refractivity contribution in [3.63, 3.8) is 0 Å². The number of carbonyl (C=O) groups excluding carboxylic acids is 1. The van der Waals surface area contributed by atoms with E-state index in [4.69, 9.17) is 24.2 Å². The van der Waals surface area contributed by atoms with Crippen LogP contribution < -0.4 is 10.1 Å². The molecule has 0 aromatic carbocycles. The van der Waals surface area contributed by atoms with Crippen LogP contribution in [0, 0.1) is 0 Å². The SMILES string of the molecule is CCOC(=O)CN1CCC(OCCCCc2cc(OC)c3c(n2)CCCN3)C1c1cccnc1C1CC1. The molecule has 1 N–H and O–H groups in total. The van der Waals surface area contributed by atoms with E-state index in [1.165, 1.54) is 24.1 Å². The fraction of sp³-hybridized carbons (Fsp3) is 0.621. The van der Waals surface area contributed by atoms with Crippen LogP contribution in [0.25, 0.3) is 0 Å². The van der Waals surface area contributed by atoms with E-state index in [-0.39, 0.29) is 24.7 Å². The van der Waals surface area contributed by atoms with Crippen molar-refractivity contribution in [2.45, 2.75) is 76.4 Å². The molecular formula is C29H40N4O4. The average molecular weight is 509 g/mol. The summed E-state index contributed by atoms with van der Waals surface area (Å²) in [4.78, 5) is 24.2. The summed E-state index contributed by atoms with van der Waals surface area (Å²) in [6.07, 6.45) is 10.2. The minimum atomic E-state index is -0.173. The van der Waals surface area contributed by atoms with Crippen molar-refractivity contribution >= 4 is 11.7 Å². The van der Waals surface area contributed by atoms with Crippen molar-refractivity contribution < 1.29 is 19.0 Å². The Kier molecular flexibility index (Phi) is 8.56. The summed E-state index contributed by atoms with van der Waals surface area (Å²) in [6, 6.07) is 6.29. The number of nitrogens with zero attached hydrogens (tertiary/aromatic N) is 3. The van der Waals surface area contributed by atoms with Crippen LogP contribution in [0.5, 0.6) is 5.75 Å². The van der Waals surface area contributed by atoms with Crippen LogP contribution in [0.3, 0.4) is 0 Å². The minimum absolute atomic E-state index is 0.0350. The molecule has 5 rings (SSSR count). The summed E-state index contributed by atoms with van der Waals surface area (Å²) in [7, 11) is 1.73. The molecule has 2 unspecified atom stereocenters. The van der Waals surface area contributed by atoms with Gasteiger partial charge in [0, 0.05) is 49.3 Å². The van der Waals surface area contributed by atoms with Gasteiger partial charge in [-0.3, -0.25) is 19.7 Å². The Morgan fingerprint density at radius 2 is 2.14 bits per heavy atom. The highest BCUT2D eigenvalue weighted by Crippen LogP contribution is 2.45. The van der Waals surface area contributed by atoms with Crippen molar-refractivity contribution in [1.82, 2.24) is 14.9 Å². The van der Waals surface area contributed by atoms with Crippen LogP contribution in [0.4, 0.5) is 5.69 Å². The molecule has 0 amide bonds. The van der Waals surface area contributed by atoms with Crippen molar-refractivity contribution in [2.24, 2.45) is 0 Å². The summed E-state index contributed by atoms with van der Waals surface area (Å²) in [5.41, 5.74) is 5.66. The van der Waals surface area contributed by atoms with Gasteiger partial charge in [0.2, 0.25) is 0 Å². The van der Waals surface area contributed by atoms with Crippen LogP contribution in [-0.2, 0) is 27.1 Å². The van der Waals surface area contributed by atoms with Gasteiger partial charge in [0.05, 0.1) is 43.8 Å². The fourth-order valence-electron chi connectivity index (χ4n) is 5.72. The lowest BCUT2D eigenvalue weighted by Gasteiger charge is -2.29. The first kappa shape index (κ1) is 25.9. The summed E-state index contributed by atoms with van der Waals surface area (Å²) in [6.45, 7) is 5.03. The Hall–Kier alpha value is -2.71. The molecule has 2 atom stereocenters. The molecule has 4 heterocycles. The third-order valence-corrected chi connectivity index (χ3v) is 7.62. The molecule has 0 bridgehead atoms. The first-order chi connectivity index (χ1) is 18.2.